The van der Waals surface area contributed by atoms with Crippen LogP contribution in [0.2, 0.25) is 0 Å². The van der Waals surface area contributed by atoms with Crippen molar-refractivity contribution < 1.29 is 0 Å². The summed E-state index contributed by atoms with van der Waals surface area (Å²) in [5.41, 5.74) is 6.57. The van der Waals surface area contributed by atoms with Gasteiger partial charge >= 0.3 is 0 Å². The van der Waals surface area contributed by atoms with Crippen LogP contribution < -0.4 is 0 Å². The Bertz CT molecular complexity index is 773. The van der Waals surface area contributed by atoms with Gasteiger partial charge in [0.15, 0.2) is 0 Å². The van der Waals surface area contributed by atoms with E-state index in [1.165, 1.54) is 27.6 Å². The molecule has 1 aliphatic rings. The lowest BCUT2D eigenvalue weighted by Gasteiger charge is -2.27. The number of H-pyrrole nitrogens is 1. The molecule has 0 unspecified atom stereocenters. The molecule has 0 fully saturated rings. The summed E-state index contributed by atoms with van der Waals surface area (Å²) in [5, 5.41) is 1.21. The van der Waals surface area contributed by atoms with Crippen molar-refractivity contribution in [3.05, 3.63) is 53.9 Å². The molecule has 0 saturated heterocycles. The van der Waals surface area contributed by atoms with Gasteiger partial charge in [-0.1, -0.05) is 18.2 Å². The van der Waals surface area contributed by atoms with Crippen molar-refractivity contribution in [1.82, 2.24) is 14.9 Å². The molecule has 100 valence electrons. The normalized spacial score (nSPS) is 15.4. The Morgan fingerprint density at radius 3 is 3.05 bits per heavy atom. The number of nitrogens with one attached hydrogen (secondary N) is 1. The molecule has 0 saturated carbocycles. The largest absolute Gasteiger partial charge is 0.346 e. The number of pyridine rings is 1. The van der Waals surface area contributed by atoms with Gasteiger partial charge in [-0.25, -0.2) is 4.98 Å². The molecular weight excluding hydrogens is 246 g/mol. The summed E-state index contributed by atoms with van der Waals surface area (Å²) < 4.78 is 0. The molecule has 3 nitrogen and oxygen atoms in total. The lowest BCUT2D eigenvalue weighted by molar-refractivity contribution is 0.313. The van der Waals surface area contributed by atoms with Crippen molar-refractivity contribution in [3.63, 3.8) is 0 Å². The van der Waals surface area contributed by atoms with Crippen LogP contribution in [0.5, 0.6) is 0 Å². The van der Waals surface area contributed by atoms with Crippen LogP contribution in [0.15, 0.2) is 42.7 Å². The van der Waals surface area contributed by atoms with E-state index in [1.807, 2.05) is 12.4 Å². The van der Waals surface area contributed by atoms with Crippen LogP contribution in [0.25, 0.3) is 22.2 Å². The van der Waals surface area contributed by atoms with Crippen molar-refractivity contribution in [2.45, 2.75) is 13.0 Å². The fraction of sp³-hybridized carbons (Fsp3) is 0.235. The van der Waals surface area contributed by atoms with Crippen molar-refractivity contribution in [3.8, 4) is 11.1 Å². The summed E-state index contributed by atoms with van der Waals surface area (Å²) in [5.74, 6) is 0. The minimum Gasteiger partial charge on any atom is -0.346 e. The number of rotatable bonds is 1. The molecule has 3 heteroatoms. The number of fused-ring (bicyclic) bond motifs is 2. The number of hydrogen-bond donors (Lipinski definition) is 1. The van der Waals surface area contributed by atoms with Crippen LogP contribution in [0, 0.1) is 0 Å². The molecule has 0 aliphatic carbocycles. The predicted molar refractivity (Wildman–Crippen MR) is 81.6 cm³/mol. The second-order valence-electron chi connectivity index (χ2n) is 5.53. The van der Waals surface area contributed by atoms with Gasteiger partial charge in [0.1, 0.15) is 5.65 Å². The van der Waals surface area contributed by atoms with Crippen LogP contribution in [0.4, 0.5) is 0 Å². The smallest absolute Gasteiger partial charge is 0.137 e. The first-order valence-electron chi connectivity index (χ1n) is 7.05. The first-order chi connectivity index (χ1) is 9.83. The molecule has 3 aromatic rings. The molecule has 0 radical (unpaired) electrons. The summed E-state index contributed by atoms with van der Waals surface area (Å²) >= 11 is 0. The topological polar surface area (TPSA) is 31.9 Å². The van der Waals surface area contributed by atoms with Gasteiger partial charge in [-0.05, 0) is 47.9 Å². The maximum absolute atomic E-state index is 4.39. The van der Waals surface area contributed by atoms with Crippen molar-refractivity contribution in [2.75, 3.05) is 13.6 Å². The van der Waals surface area contributed by atoms with Crippen LogP contribution in [0.1, 0.15) is 11.1 Å². The third-order valence-electron chi connectivity index (χ3n) is 4.21. The minimum absolute atomic E-state index is 0.966. The Balaban J connectivity index is 1.95. The van der Waals surface area contributed by atoms with E-state index in [0.29, 0.717) is 0 Å². The molecule has 0 bridgehead atoms. The third kappa shape index (κ3) is 1.74. The number of benzene rings is 1. The summed E-state index contributed by atoms with van der Waals surface area (Å²) in [6.45, 7) is 2.18. The summed E-state index contributed by atoms with van der Waals surface area (Å²) in [6, 6.07) is 10.9. The molecular formula is C17H17N3. The van der Waals surface area contributed by atoms with Crippen LogP contribution in [-0.2, 0) is 13.0 Å². The van der Waals surface area contributed by atoms with Gasteiger partial charge < -0.3 is 9.88 Å². The summed E-state index contributed by atoms with van der Waals surface area (Å²) in [7, 11) is 2.19. The maximum Gasteiger partial charge on any atom is 0.137 e. The first-order valence-corrected chi connectivity index (χ1v) is 7.05. The molecule has 0 atom stereocenters. The Kier molecular flexibility index (Phi) is 2.60. The minimum atomic E-state index is 0.966. The van der Waals surface area contributed by atoms with E-state index in [0.717, 1.165) is 25.2 Å². The third-order valence-corrected chi connectivity index (χ3v) is 4.21. The fourth-order valence-electron chi connectivity index (χ4n) is 3.20. The number of aromatic amines is 1. The molecule has 1 aromatic carbocycles. The lowest BCUT2D eigenvalue weighted by Crippen LogP contribution is -2.26. The highest BCUT2D eigenvalue weighted by Crippen LogP contribution is 2.33. The molecule has 4 rings (SSSR count). The Hall–Kier alpha value is -2.13. The SMILES string of the molecule is CN1CCc2c(cccc2-c2ccnc3[nH]ccc23)C1. The second kappa shape index (κ2) is 4.46. The molecule has 0 amide bonds. The Labute approximate surface area is 118 Å². The predicted octanol–water partition coefficient (Wildman–Crippen LogP) is 3.22. The number of hydrogen-bond acceptors (Lipinski definition) is 2. The zero-order chi connectivity index (χ0) is 13.5. The number of likely N-dealkylation sites (N-methyl/N-ethyl adjacent to an activating group) is 1. The second-order valence-corrected chi connectivity index (χ2v) is 5.53. The van der Waals surface area contributed by atoms with Gasteiger partial charge in [0.05, 0.1) is 0 Å². The van der Waals surface area contributed by atoms with E-state index >= 15 is 0 Å². The van der Waals surface area contributed by atoms with Gasteiger partial charge in [-0.3, -0.25) is 0 Å². The van der Waals surface area contributed by atoms with E-state index < -0.39 is 0 Å². The van der Waals surface area contributed by atoms with Crippen LogP contribution >= 0.6 is 0 Å². The number of nitrogens with zero attached hydrogens (tertiary/aromatic N) is 2. The highest BCUT2D eigenvalue weighted by Gasteiger charge is 2.18. The summed E-state index contributed by atoms with van der Waals surface area (Å²) in [6.07, 6.45) is 4.98. The van der Waals surface area contributed by atoms with Crippen molar-refractivity contribution >= 4 is 11.0 Å². The summed E-state index contributed by atoms with van der Waals surface area (Å²) in [4.78, 5) is 9.96. The molecule has 1 aliphatic heterocycles. The average molecular weight is 263 g/mol. The standard InChI is InChI=1S/C17H17N3/c1-20-10-7-13-12(11-20)3-2-4-14(13)15-5-8-18-17-16(15)6-9-19-17/h2-6,8-9H,7,10-11H2,1H3,(H,18,19). The zero-order valence-corrected chi connectivity index (χ0v) is 11.6. The Morgan fingerprint density at radius 2 is 2.10 bits per heavy atom. The van der Waals surface area contributed by atoms with Gasteiger partial charge in [0.25, 0.3) is 0 Å². The fourth-order valence-corrected chi connectivity index (χ4v) is 3.20. The van der Waals surface area contributed by atoms with Crippen molar-refractivity contribution in [2.24, 2.45) is 0 Å². The van der Waals surface area contributed by atoms with Gasteiger partial charge in [-0.2, -0.15) is 0 Å². The monoisotopic (exact) mass is 263 g/mol. The molecule has 20 heavy (non-hydrogen) atoms. The van der Waals surface area contributed by atoms with E-state index in [9.17, 15) is 0 Å². The van der Waals surface area contributed by atoms with Gasteiger partial charge in [0.2, 0.25) is 0 Å². The van der Waals surface area contributed by atoms with E-state index in [4.69, 9.17) is 0 Å². The number of aromatic nitrogens is 2. The van der Waals surface area contributed by atoms with E-state index in [-0.39, 0.29) is 0 Å². The molecule has 2 aromatic heterocycles. The van der Waals surface area contributed by atoms with Crippen molar-refractivity contribution in [1.29, 1.82) is 0 Å². The van der Waals surface area contributed by atoms with Gasteiger partial charge in [-0.15, -0.1) is 0 Å². The Morgan fingerprint density at radius 1 is 1.15 bits per heavy atom. The first kappa shape index (κ1) is 11.7. The van der Waals surface area contributed by atoms with E-state index in [1.54, 1.807) is 0 Å². The van der Waals surface area contributed by atoms with Crippen LogP contribution in [0.3, 0.4) is 0 Å². The molecule has 1 N–H and O–H groups in total. The van der Waals surface area contributed by atoms with Gasteiger partial charge in [0, 0.05) is 30.9 Å². The molecule has 0 spiro atoms. The average Bonchev–Trinajstić information content (AvgIpc) is 2.94. The van der Waals surface area contributed by atoms with E-state index in [2.05, 4.69) is 52.2 Å². The molecule has 3 heterocycles. The zero-order valence-electron chi connectivity index (χ0n) is 11.6. The maximum atomic E-state index is 4.39. The highest BCUT2D eigenvalue weighted by molar-refractivity contribution is 5.94. The highest BCUT2D eigenvalue weighted by atomic mass is 15.1. The van der Waals surface area contributed by atoms with Crippen LogP contribution in [-0.4, -0.2) is 28.5 Å². The quantitative estimate of drug-likeness (QED) is 0.731. The lowest BCUT2D eigenvalue weighted by atomic mass is 9.90.